The molecule has 0 unspecified atom stereocenters. The van der Waals surface area contributed by atoms with Crippen LogP contribution in [0.5, 0.6) is 5.75 Å². The minimum atomic E-state index is -0.594. The van der Waals surface area contributed by atoms with Crippen LogP contribution in [0.1, 0.15) is 57.1 Å². The molecule has 1 aliphatic rings. The molecule has 1 fully saturated rings. The Morgan fingerprint density at radius 3 is 2.31 bits per heavy atom. The second-order valence-electron chi connectivity index (χ2n) is 10.0. The average Bonchev–Trinajstić information content (AvgIpc) is 2.88. The summed E-state index contributed by atoms with van der Waals surface area (Å²) in [5, 5.41) is 6.08. The summed E-state index contributed by atoms with van der Waals surface area (Å²) in [6, 6.07) is 11.0. The molecule has 0 bridgehead atoms. The van der Waals surface area contributed by atoms with Crippen molar-refractivity contribution in [3.63, 3.8) is 0 Å². The van der Waals surface area contributed by atoms with Crippen LogP contribution in [0.4, 0.5) is 0 Å². The molecule has 2 aromatic rings. The first-order valence-electron chi connectivity index (χ1n) is 12.9. The lowest BCUT2D eigenvalue weighted by Gasteiger charge is -2.27. The normalized spacial score (nSPS) is 18.1. The van der Waals surface area contributed by atoms with Crippen LogP contribution in [0.2, 0.25) is 0 Å². The van der Waals surface area contributed by atoms with E-state index in [1.807, 2.05) is 36.4 Å². The lowest BCUT2D eigenvalue weighted by atomic mass is 9.81. The molecule has 0 aliphatic heterocycles. The number of nitrogens with one attached hydrogen (secondary N) is 2. The topological polar surface area (TPSA) is 108 Å². The molecule has 8 heteroatoms. The van der Waals surface area contributed by atoms with Gasteiger partial charge in [0.15, 0.2) is 0 Å². The molecule has 7 nitrogen and oxygen atoms in total. The molecule has 0 radical (unpaired) electrons. The maximum absolute atomic E-state index is 13.0. The summed E-state index contributed by atoms with van der Waals surface area (Å²) in [5.41, 5.74) is 6.03. The first kappa shape index (κ1) is 29.6. The van der Waals surface area contributed by atoms with Gasteiger partial charge in [0.25, 0.3) is 0 Å². The van der Waals surface area contributed by atoms with Crippen LogP contribution in [0, 0.1) is 17.8 Å². The molecule has 1 atom stereocenters. The number of halogens is 1. The van der Waals surface area contributed by atoms with Crippen molar-refractivity contribution in [2.45, 2.75) is 65.0 Å². The number of hydrogen-bond acceptors (Lipinski definition) is 4. The van der Waals surface area contributed by atoms with Crippen LogP contribution in [0.25, 0.3) is 0 Å². The Balaban J connectivity index is 0.00000456. The van der Waals surface area contributed by atoms with E-state index in [1.54, 1.807) is 12.4 Å². The van der Waals surface area contributed by atoms with Gasteiger partial charge < -0.3 is 33.5 Å². The van der Waals surface area contributed by atoms with Gasteiger partial charge in [-0.3, -0.25) is 14.6 Å². The molecule has 1 heterocycles. The van der Waals surface area contributed by atoms with Crippen LogP contribution < -0.4 is 33.5 Å². The van der Waals surface area contributed by atoms with E-state index in [0.29, 0.717) is 31.4 Å². The van der Waals surface area contributed by atoms with Crippen molar-refractivity contribution in [2.75, 3.05) is 13.1 Å². The second kappa shape index (κ2) is 15.5. The van der Waals surface area contributed by atoms with Gasteiger partial charge in [-0.25, -0.2) is 0 Å². The highest BCUT2D eigenvalue weighted by molar-refractivity contribution is 5.88. The molecule has 3 rings (SSSR count). The third-order valence-corrected chi connectivity index (χ3v) is 6.80. The standard InChI is InChI=1S/C28H40N4O3.ClH/c1-20(2)11-16-31-28(34)26(32-27(33)24-7-3-22(18-29)4-8-24)17-21-5-9-25(10-6-21)35-19-23-12-14-30-15-13-23;/h5-6,9-10,12-15,20,22,24,26H,3-4,7-8,11,16-19,29H2,1-2H3,(H,31,34)(H,32,33);1H/t22?,24?,26-;/m0./s1. The zero-order valence-corrected chi connectivity index (χ0v) is 22.3. The summed E-state index contributed by atoms with van der Waals surface area (Å²) in [5.74, 6) is 1.74. The molecule has 1 aromatic heterocycles. The Morgan fingerprint density at radius 2 is 1.69 bits per heavy atom. The van der Waals surface area contributed by atoms with Crippen LogP contribution >= 0.6 is 0 Å². The first-order valence-corrected chi connectivity index (χ1v) is 12.9. The van der Waals surface area contributed by atoms with E-state index in [4.69, 9.17) is 4.74 Å². The third kappa shape index (κ3) is 9.78. The fourth-order valence-electron chi connectivity index (χ4n) is 4.42. The number of aromatic nitrogens is 1. The Bertz CT molecular complexity index is 916. The van der Waals surface area contributed by atoms with Gasteiger partial charge >= 0.3 is 0 Å². The van der Waals surface area contributed by atoms with Crippen LogP contribution in [0.3, 0.4) is 0 Å². The zero-order chi connectivity index (χ0) is 25.0. The summed E-state index contributed by atoms with van der Waals surface area (Å²) in [6.45, 7) is 6.27. The zero-order valence-electron chi connectivity index (χ0n) is 21.5. The van der Waals surface area contributed by atoms with Gasteiger partial charge in [0.2, 0.25) is 11.8 Å². The average molecular weight is 517 g/mol. The van der Waals surface area contributed by atoms with Crippen molar-refractivity contribution < 1.29 is 32.5 Å². The number of carbonyl (C=O) groups excluding carboxylic acids is 2. The van der Waals surface area contributed by atoms with E-state index in [0.717, 1.165) is 55.5 Å². The van der Waals surface area contributed by atoms with Crippen molar-refractivity contribution in [2.24, 2.45) is 17.8 Å². The lowest BCUT2D eigenvalue weighted by Crippen LogP contribution is -3.00. The van der Waals surface area contributed by atoms with E-state index >= 15 is 0 Å². The highest BCUT2D eigenvalue weighted by Gasteiger charge is 2.29. The number of ether oxygens (including phenoxy) is 1. The Hall–Kier alpha value is -2.64. The van der Waals surface area contributed by atoms with Crippen molar-refractivity contribution in [1.29, 1.82) is 0 Å². The van der Waals surface area contributed by atoms with E-state index in [-0.39, 0.29) is 30.1 Å². The maximum atomic E-state index is 13.0. The number of benzene rings is 1. The minimum absolute atomic E-state index is 0. The van der Waals surface area contributed by atoms with E-state index < -0.39 is 6.04 Å². The molecule has 5 N–H and O–H groups in total. The monoisotopic (exact) mass is 516 g/mol. The Labute approximate surface area is 221 Å². The molecule has 2 amide bonds. The number of quaternary nitrogens is 1. The number of nitrogens with zero attached hydrogens (tertiary/aromatic N) is 1. The fraction of sp³-hybridized carbons (Fsp3) is 0.536. The number of carbonyl (C=O) groups is 2. The predicted octanol–water partition coefficient (Wildman–Crippen LogP) is -0.0975. The van der Waals surface area contributed by atoms with Gasteiger partial charge in [-0.05, 0) is 73.4 Å². The molecule has 0 saturated heterocycles. The summed E-state index contributed by atoms with van der Waals surface area (Å²) in [4.78, 5) is 30.0. The molecule has 0 spiro atoms. The van der Waals surface area contributed by atoms with Gasteiger partial charge in [-0.15, -0.1) is 0 Å². The quantitative estimate of drug-likeness (QED) is 0.366. The summed E-state index contributed by atoms with van der Waals surface area (Å²) < 4.78 is 5.86. The Morgan fingerprint density at radius 1 is 1.03 bits per heavy atom. The highest BCUT2D eigenvalue weighted by atomic mass is 35.5. The first-order chi connectivity index (χ1) is 16.9. The van der Waals surface area contributed by atoms with Crippen LogP contribution in [0.15, 0.2) is 48.8 Å². The fourth-order valence-corrected chi connectivity index (χ4v) is 4.42. The van der Waals surface area contributed by atoms with Crippen molar-refractivity contribution in [1.82, 2.24) is 15.6 Å². The SMILES string of the molecule is CC(C)CCNC(=O)[C@H](Cc1ccc(OCc2ccncc2)cc1)NC(=O)C1CCC(C[NH3+])CC1.[Cl-]. The number of pyridine rings is 1. The summed E-state index contributed by atoms with van der Waals surface area (Å²) >= 11 is 0. The van der Waals surface area contributed by atoms with Crippen molar-refractivity contribution in [3.8, 4) is 5.75 Å². The smallest absolute Gasteiger partial charge is 0.242 e. The minimum Gasteiger partial charge on any atom is -1.00 e. The number of hydrogen-bond donors (Lipinski definition) is 3. The lowest BCUT2D eigenvalue weighted by molar-refractivity contribution is -0.380. The van der Waals surface area contributed by atoms with Gasteiger partial charge in [0.05, 0.1) is 6.54 Å². The highest BCUT2D eigenvalue weighted by Crippen LogP contribution is 2.28. The maximum Gasteiger partial charge on any atom is 0.242 e. The second-order valence-corrected chi connectivity index (χ2v) is 10.0. The third-order valence-electron chi connectivity index (χ3n) is 6.80. The van der Waals surface area contributed by atoms with E-state index in [9.17, 15) is 9.59 Å². The van der Waals surface area contributed by atoms with Gasteiger partial charge in [0.1, 0.15) is 18.4 Å². The van der Waals surface area contributed by atoms with Crippen molar-refractivity contribution in [3.05, 3.63) is 59.9 Å². The molecular formula is C28H41ClN4O3. The molecule has 198 valence electrons. The predicted molar refractivity (Wildman–Crippen MR) is 136 cm³/mol. The Kier molecular flexibility index (Phi) is 12.7. The van der Waals surface area contributed by atoms with Gasteiger partial charge in [-0.2, -0.15) is 0 Å². The summed E-state index contributed by atoms with van der Waals surface area (Å²) in [7, 11) is 0. The molecule has 1 aliphatic carbocycles. The molecule has 1 aromatic carbocycles. The van der Waals surface area contributed by atoms with Crippen LogP contribution in [-0.4, -0.2) is 35.9 Å². The largest absolute Gasteiger partial charge is 1.00 e. The van der Waals surface area contributed by atoms with E-state index in [2.05, 4.69) is 35.2 Å². The molecular weight excluding hydrogens is 476 g/mol. The summed E-state index contributed by atoms with van der Waals surface area (Å²) in [6.07, 6.45) is 8.66. The molecule has 36 heavy (non-hydrogen) atoms. The van der Waals surface area contributed by atoms with Crippen molar-refractivity contribution >= 4 is 11.8 Å². The van der Waals surface area contributed by atoms with Crippen LogP contribution in [-0.2, 0) is 22.6 Å². The van der Waals surface area contributed by atoms with Gasteiger partial charge in [0, 0.05) is 37.2 Å². The number of rotatable bonds is 12. The van der Waals surface area contributed by atoms with E-state index in [1.165, 1.54) is 0 Å². The van der Waals surface area contributed by atoms with Gasteiger partial charge in [-0.1, -0.05) is 26.0 Å². The molecule has 1 saturated carbocycles. The number of amides is 2.